The minimum atomic E-state index is -4.43. The SMILES string of the molecule is Cc1ccc(S(=O)(=O)NCCNC(=O)c2sc(-c3ccc(C(F)(F)F)cc3)nc2C)cc1. The molecular formula is C21H20F3N3O3S2. The average molecular weight is 484 g/mol. The molecule has 0 radical (unpaired) electrons. The number of rotatable bonds is 7. The number of aromatic nitrogens is 1. The van der Waals surface area contributed by atoms with Crippen LogP contribution >= 0.6 is 11.3 Å². The van der Waals surface area contributed by atoms with Gasteiger partial charge < -0.3 is 5.32 Å². The first-order chi connectivity index (χ1) is 15.0. The highest BCUT2D eigenvalue weighted by Crippen LogP contribution is 2.32. The summed E-state index contributed by atoms with van der Waals surface area (Å²) in [6.45, 7) is 3.52. The van der Waals surface area contributed by atoms with Crippen LogP contribution in [0.2, 0.25) is 0 Å². The van der Waals surface area contributed by atoms with Crippen LogP contribution < -0.4 is 10.0 Å². The molecule has 0 unspecified atom stereocenters. The lowest BCUT2D eigenvalue weighted by molar-refractivity contribution is -0.137. The van der Waals surface area contributed by atoms with Crippen molar-refractivity contribution < 1.29 is 26.4 Å². The van der Waals surface area contributed by atoms with Gasteiger partial charge in [-0.25, -0.2) is 18.1 Å². The quantitative estimate of drug-likeness (QED) is 0.494. The van der Waals surface area contributed by atoms with Crippen molar-refractivity contribution in [3.05, 3.63) is 70.2 Å². The molecule has 2 aromatic carbocycles. The van der Waals surface area contributed by atoms with E-state index in [-0.39, 0.29) is 18.0 Å². The zero-order valence-corrected chi connectivity index (χ0v) is 18.8. The fourth-order valence-corrected chi connectivity index (χ4v) is 4.79. The molecule has 2 N–H and O–H groups in total. The number of thiazole rings is 1. The van der Waals surface area contributed by atoms with E-state index in [1.807, 2.05) is 6.92 Å². The van der Waals surface area contributed by atoms with E-state index in [1.165, 1.54) is 24.3 Å². The Bertz CT molecular complexity index is 1200. The van der Waals surface area contributed by atoms with Crippen LogP contribution in [0, 0.1) is 13.8 Å². The first-order valence-electron chi connectivity index (χ1n) is 9.47. The van der Waals surface area contributed by atoms with E-state index in [9.17, 15) is 26.4 Å². The van der Waals surface area contributed by atoms with E-state index in [0.29, 0.717) is 21.1 Å². The highest BCUT2D eigenvalue weighted by molar-refractivity contribution is 7.89. The summed E-state index contributed by atoms with van der Waals surface area (Å²) in [4.78, 5) is 17.2. The van der Waals surface area contributed by atoms with Crippen molar-refractivity contribution in [2.75, 3.05) is 13.1 Å². The van der Waals surface area contributed by atoms with Gasteiger partial charge in [0.1, 0.15) is 9.88 Å². The molecule has 1 aromatic heterocycles. The number of sulfonamides is 1. The lowest BCUT2D eigenvalue weighted by Crippen LogP contribution is -2.34. The number of amides is 1. The molecule has 1 heterocycles. The van der Waals surface area contributed by atoms with E-state index in [0.717, 1.165) is 29.0 Å². The molecule has 0 atom stereocenters. The maximum Gasteiger partial charge on any atom is 0.416 e. The van der Waals surface area contributed by atoms with Crippen LogP contribution in [-0.2, 0) is 16.2 Å². The Morgan fingerprint density at radius 2 is 1.62 bits per heavy atom. The van der Waals surface area contributed by atoms with Gasteiger partial charge in [0.2, 0.25) is 10.0 Å². The van der Waals surface area contributed by atoms with Crippen molar-refractivity contribution in [1.29, 1.82) is 0 Å². The monoisotopic (exact) mass is 483 g/mol. The number of aryl methyl sites for hydroxylation is 2. The third kappa shape index (κ3) is 5.72. The van der Waals surface area contributed by atoms with Gasteiger partial charge in [-0.15, -0.1) is 11.3 Å². The number of carbonyl (C=O) groups is 1. The second-order valence-electron chi connectivity index (χ2n) is 6.98. The largest absolute Gasteiger partial charge is 0.416 e. The van der Waals surface area contributed by atoms with Crippen molar-refractivity contribution in [3.63, 3.8) is 0 Å². The number of alkyl halides is 3. The molecule has 0 saturated heterocycles. The van der Waals surface area contributed by atoms with Gasteiger partial charge in [-0.2, -0.15) is 13.2 Å². The molecule has 0 fully saturated rings. The van der Waals surface area contributed by atoms with Crippen molar-refractivity contribution >= 4 is 27.3 Å². The minimum absolute atomic E-state index is 0.00837. The van der Waals surface area contributed by atoms with Gasteiger partial charge in [0.05, 0.1) is 16.2 Å². The summed E-state index contributed by atoms with van der Waals surface area (Å²) in [7, 11) is -3.68. The molecule has 11 heteroatoms. The zero-order chi connectivity index (χ0) is 23.5. The molecule has 0 aliphatic carbocycles. The number of nitrogens with zero attached hydrogens (tertiary/aromatic N) is 1. The van der Waals surface area contributed by atoms with E-state index >= 15 is 0 Å². The van der Waals surface area contributed by atoms with Gasteiger partial charge in [-0.1, -0.05) is 29.8 Å². The van der Waals surface area contributed by atoms with Crippen LogP contribution in [-0.4, -0.2) is 32.4 Å². The summed E-state index contributed by atoms with van der Waals surface area (Å²) < 4.78 is 65.1. The maximum atomic E-state index is 12.7. The molecule has 3 aromatic rings. The number of nitrogens with one attached hydrogen (secondary N) is 2. The number of hydrogen-bond acceptors (Lipinski definition) is 5. The molecule has 6 nitrogen and oxygen atoms in total. The van der Waals surface area contributed by atoms with Gasteiger partial charge in [0.25, 0.3) is 5.91 Å². The zero-order valence-electron chi connectivity index (χ0n) is 17.2. The third-order valence-electron chi connectivity index (χ3n) is 4.50. The molecule has 0 aliphatic rings. The lowest BCUT2D eigenvalue weighted by Gasteiger charge is -2.08. The Morgan fingerprint density at radius 3 is 2.22 bits per heavy atom. The Labute approximate surface area is 187 Å². The van der Waals surface area contributed by atoms with Crippen LogP contribution in [0.5, 0.6) is 0 Å². The van der Waals surface area contributed by atoms with Gasteiger partial charge in [-0.05, 0) is 38.1 Å². The summed E-state index contributed by atoms with van der Waals surface area (Å²) >= 11 is 1.05. The predicted molar refractivity (Wildman–Crippen MR) is 116 cm³/mol. The van der Waals surface area contributed by atoms with Crippen molar-refractivity contribution in [2.24, 2.45) is 0 Å². The van der Waals surface area contributed by atoms with Gasteiger partial charge in [0.15, 0.2) is 0 Å². The van der Waals surface area contributed by atoms with Crippen LogP contribution in [0.25, 0.3) is 10.6 Å². The first kappa shape index (κ1) is 23.9. The summed E-state index contributed by atoms with van der Waals surface area (Å²) in [5.74, 6) is -0.437. The van der Waals surface area contributed by atoms with Gasteiger partial charge in [0, 0.05) is 18.7 Å². The van der Waals surface area contributed by atoms with E-state index < -0.39 is 27.7 Å². The van der Waals surface area contributed by atoms with Crippen LogP contribution in [0.15, 0.2) is 53.4 Å². The molecule has 1 amide bonds. The fourth-order valence-electron chi connectivity index (χ4n) is 2.77. The number of benzene rings is 2. The number of carbonyl (C=O) groups excluding carboxylic acids is 1. The molecule has 0 bridgehead atoms. The molecule has 0 saturated carbocycles. The molecule has 0 aliphatic heterocycles. The highest BCUT2D eigenvalue weighted by atomic mass is 32.2. The van der Waals surface area contributed by atoms with Crippen molar-refractivity contribution in [2.45, 2.75) is 24.9 Å². The second kappa shape index (κ2) is 9.39. The Balaban J connectivity index is 1.59. The van der Waals surface area contributed by atoms with Gasteiger partial charge >= 0.3 is 6.18 Å². The van der Waals surface area contributed by atoms with E-state index in [4.69, 9.17) is 0 Å². The normalized spacial score (nSPS) is 12.0. The van der Waals surface area contributed by atoms with Crippen molar-refractivity contribution in [1.82, 2.24) is 15.0 Å². The minimum Gasteiger partial charge on any atom is -0.350 e. The summed E-state index contributed by atoms with van der Waals surface area (Å²) in [6, 6.07) is 10.9. The van der Waals surface area contributed by atoms with Crippen LogP contribution in [0.1, 0.15) is 26.5 Å². The van der Waals surface area contributed by atoms with Gasteiger partial charge in [-0.3, -0.25) is 4.79 Å². The van der Waals surface area contributed by atoms with E-state index in [1.54, 1.807) is 19.1 Å². The molecule has 0 spiro atoms. The standard InChI is InChI=1S/C21H20F3N3O3S2/c1-13-3-9-17(10-4-13)32(29,30)26-12-11-25-19(28)18-14(2)27-20(31-18)15-5-7-16(8-6-15)21(22,23)24/h3-10,26H,11-12H2,1-2H3,(H,25,28). The topological polar surface area (TPSA) is 88.2 Å². The fraction of sp³-hybridized carbons (Fsp3) is 0.238. The lowest BCUT2D eigenvalue weighted by atomic mass is 10.1. The Hall–Kier alpha value is -2.76. The predicted octanol–water partition coefficient (Wildman–Crippen LogP) is 4.15. The molecule has 170 valence electrons. The van der Waals surface area contributed by atoms with Crippen LogP contribution in [0.3, 0.4) is 0 Å². The van der Waals surface area contributed by atoms with Crippen molar-refractivity contribution in [3.8, 4) is 10.6 Å². The molecular weight excluding hydrogens is 463 g/mol. The Kier molecular flexibility index (Phi) is 7.01. The summed E-state index contributed by atoms with van der Waals surface area (Å²) in [5, 5.41) is 3.04. The summed E-state index contributed by atoms with van der Waals surface area (Å²) in [6.07, 6.45) is -4.43. The maximum absolute atomic E-state index is 12.7. The summed E-state index contributed by atoms with van der Waals surface area (Å²) in [5.41, 5.74) is 1.08. The molecule has 3 rings (SSSR count). The number of halogens is 3. The van der Waals surface area contributed by atoms with E-state index in [2.05, 4.69) is 15.0 Å². The molecule has 32 heavy (non-hydrogen) atoms. The third-order valence-corrected chi connectivity index (χ3v) is 7.18. The Morgan fingerprint density at radius 1 is 1.00 bits per heavy atom. The average Bonchev–Trinajstić information content (AvgIpc) is 3.12. The first-order valence-corrected chi connectivity index (χ1v) is 11.8. The highest BCUT2D eigenvalue weighted by Gasteiger charge is 2.30. The van der Waals surface area contributed by atoms with Crippen LogP contribution in [0.4, 0.5) is 13.2 Å². The number of hydrogen-bond donors (Lipinski definition) is 2. The smallest absolute Gasteiger partial charge is 0.350 e. The second-order valence-corrected chi connectivity index (χ2v) is 9.74.